The number of nitrogens with zero attached hydrogens (tertiary/aromatic N) is 4. The van der Waals surface area contributed by atoms with Crippen molar-refractivity contribution < 1.29 is 9.53 Å². The van der Waals surface area contributed by atoms with E-state index >= 15 is 0 Å². The molecule has 0 aliphatic carbocycles. The number of fused-ring (bicyclic) bond motifs is 3. The molecule has 2 bridgehead atoms. The van der Waals surface area contributed by atoms with E-state index in [1.165, 1.54) is 5.56 Å². The lowest BCUT2D eigenvalue weighted by molar-refractivity contribution is -0.133. The van der Waals surface area contributed by atoms with Gasteiger partial charge in [-0.2, -0.15) is 5.10 Å². The molecule has 2 aliphatic heterocycles. The molecule has 0 N–H and O–H groups in total. The third kappa shape index (κ3) is 2.95. The van der Waals surface area contributed by atoms with E-state index in [-0.39, 0.29) is 17.9 Å². The highest BCUT2D eigenvalue weighted by molar-refractivity contribution is 5.79. The zero-order valence-electron chi connectivity index (χ0n) is 13.8. The van der Waals surface area contributed by atoms with E-state index in [0.717, 1.165) is 25.3 Å². The van der Waals surface area contributed by atoms with Crippen LogP contribution in [0.1, 0.15) is 5.56 Å². The molecule has 0 saturated carbocycles. The normalized spacial score (nSPS) is 24.9. The van der Waals surface area contributed by atoms with Crippen molar-refractivity contribution in [2.75, 3.05) is 33.4 Å². The predicted molar refractivity (Wildman–Crippen MR) is 89.7 cm³/mol. The van der Waals surface area contributed by atoms with Crippen molar-refractivity contribution in [2.45, 2.75) is 12.6 Å². The van der Waals surface area contributed by atoms with E-state index in [2.05, 4.69) is 34.3 Å². The smallest absolute Gasteiger partial charge is 0.229 e. The Balaban J connectivity index is 1.53. The van der Waals surface area contributed by atoms with Gasteiger partial charge in [-0.25, -0.2) is 4.68 Å². The molecule has 6 heteroatoms. The first kappa shape index (κ1) is 15.4. The summed E-state index contributed by atoms with van der Waals surface area (Å²) < 4.78 is 7.54. The summed E-state index contributed by atoms with van der Waals surface area (Å²) in [5, 5.41) is 4.29. The maximum Gasteiger partial charge on any atom is 0.229 e. The van der Waals surface area contributed by atoms with E-state index in [4.69, 9.17) is 4.74 Å². The maximum absolute atomic E-state index is 12.4. The minimum atomic E-state index is -0.0585. The molecule has 2 aliphatic rings. The zero-order valence-corrected chi connectivity index (χ0v) is 13.8. The standard InChI is InChI=1S/C18H22N4O2/c1-20-17-11-21(10-15(18(20)23)12-24-13-17)9-14-4-2-5-16(8-14)22-7-3-6-19-22/h2-8,15,17H,9-13H2,1H3/t15-,17+/m1/s1. The van der Waals surface area contributed by atoms with Gasteiger partial charge in [0.1, 0.15) is 0 Å². The molecule has 1 amide bonds. The molecule has 0 unspecified atom stereocenters. The van der Waals surface area contributed by atoms with Crippen LogP contribution < -0.4 is 0 Å². The number of hydrogen-bond acceptors (Lipinski definition) is 4. The van der Waals surface area contributed by atoms with Gasteiger partial charge in [-0.15, -0.1) is 0 Å². The van der Waals surface area contributed by atoms with Crippen LogP contribution in [-0.2, 0) is 16.1 Å². The minimum absolute atomic E-state index is 0.0585. The summed E-state index contributed by atoms with van der Waals surface area (Å²) in [4.78, 5) is 16.7. The van der Waals surface area contributed by atoms with Crippen molar-refractivity contribution in [3.8, 4) is 5.69 Å². The van der Waals surface area contributed by atoms with Crippen LogP contribution in [0.5, 0.6) is 0 Å². The summed E-state index contributed by atoms with van der Waals surface area (Å²) in [7, 11) is 1.90. The van der Waals surface area contributed by atoms with Crippen molar-refractivity contribution in [3.05, 3.63) is 48.3 Å². The summed E-state index contributed by atoms with van der Waals surface area (Å²) in [6.45, 7) is 3.60. The number of rotatable bonds is 3. The summed E-state index contributed by atoms with van der Waals surface area (Å²) in [5.74, 6) is 0.155. The summed E-state index contributed by atoms with van der Waals surface area (Å²) in [5.41, 5.74) is 2.29. The molecule has 2 aromatic rings. The molecule has 2 saturated heterocycles. The summed E-state index contributed by atoms with van der Waals surface area (Å²) in [6.07, 6.45) is 3.73. The number of ether oxygens (including phenoxy) is 1. The summed E-state index contributed by atoms with van der Waals surface area (Å²) >= 11 is 0. The molecule has 0 spiro atoms. The minimum Gasteiger partial charge on any atom is -0.378 e. The highest BCUT2D eigenvalue weighted by atomic mass is 16.5. The van der Waals surface area contributed by atoms with E-state index < -0.39 is 0 Å². The molecule has 0 radical (unpaired) electrons. The van der Waals surface area contributed by atoms with Gasteiger partial charge >= 0.3 is 0 Å². The van der Waals surface area contributed by atoms with Gasteiger partial charge in [-0.3, -0.25) is 9.69 Å². The monoisotopic (exact) mass is 326 g/mol. The molecule has 2 atom stereocenters. The molecule has 6 nitrogen and oxygen atoms in total. The number of aromatic nitrogens is 2. The van der Waals surface area contributed by atoms with Gasteiger partial charge in [0.15, 0.2) is 0 Å². The first-order valence-electron chi connectivity index (χ1n) is 8.36. The Morgan fingerprint density at radius 3 is 3.00 bits per heavy atom. The van der Waals surface area contributed by atoms with E-state index in [1.54, 1.807) is 6.20 Å². The van der Waals surface area contributed by atoms with Crippen molar-refractivity contribution >= 4 is 5.91 Å². The second-order valence-electron chi connectivity index (χ2n) is 6.65. The molecule has 3 heterocycles. The van der Waals surface area contributed by atoms with E-state index in [1.807, 2.05) is 28.9 Å². The van der Waals surface area contributed by atoms with Crippen LogP contribution in [0.4, 0.5) is 0 Å². The lowest BCUT2D eigenvalue weighted by Gasteiger charge is -2.29. The molecule has 4 rings (SSSR count). The second-order valence-corrected chi connectivity index (χ2v) is 6.65. The van der Waals surface area contributed by atoms with Crippen LogP contribution >= 0.6 is 0 Å². The van der Waals surface area contributed by atoms with E-state index in [0.29, 0.717) is 13.2 Å². The van der Waals surface area contributed by atoms with Crippen molar-refractivity contribution in [2.24, 2.45) is 5.92 Å². The fourth-order valence-corrected chi connectivity index (χ4v) is 3.59. The Labute approximate surface area is 141 Å². The largest absolute Gasteiger partial charge is 0.378 e. The average molecular weight is 326 g/mol. The molecule has 126 valence electrons. The third-order valence-corrected chi connectivity index (χ3v) is 4.91. The third-order valence-electron chi connectivity index (χ3n) is 4.91. The van der Waals surface area contributed by atoms with Crippen molar-refractivity contribution in [1.82, 2.24) is 19.6 Å². The number of carbonyl (C=O) groups excluding carboxylic acids is 1. The first-order valence-corrected chi connectivity index (χ1v) is 8.36. The zero-order chi connectivity index (χ0) is 16.5. The van der Waals surface area contributed by atoms with Crippen LogP contribution in [-0.4, -0.2) is 64.9 Å². The van der Waals surface area contributed by atoms with Crippen LogP contribution in [0.15, 0.2) is 42.7 Å². The van der Waals surface area contributed by atoms with Gasteiger partial charge in [-0.1, -0.05) is 12.1 Å². The second kappa shape index (κ2) is 6.37. The van der Waals surface area contributed by atoms with Crippen LogP contribution in [0.3, 0.4) is 0 Å². The molecule has 1 aromatic carbocycles. The van der Waals surface area contributed by atoms with Crippen LogP contribution in [0.2, 0.25) is 0 Å². The Morgan fingerprint density at radius 2 is 2.17 bits per heavy atom. The topological polar surface area (TPSA) is 50.6 Å². The summed E-state index contributed by atoms with van der Waals surface area (Å²) in [6, 6.07) is 10.5. The Bertz CT molecular complexity index is 716. The Hall–Kier alpha value is -2.18. The van der Waals surface area contributed by atoms with Crippen LogP contribution in [0, 0.1) is 5.92 Å². The highest BCUT2D eigenvalue weighted by Gasteiger charge is 2.37. The number of hydrogen-bond donors (Lipinski definition) is 0. The van der Waals surface area contributed by atoms with Crippen LogP contribution in [0.25, 0.3) is 5.69 Å². The number of benzene rings is 1. The molecular formula is C18H22N4O2. The quantitative estimate of drug-likeness (QED) is 0.849. The van der Waals surface area contributed by atoms with Gasteiger partial charge in [0.25, 0.3) is 0 Å². The molecule has 24 heavy (non-hydrogen) atoms. The fourth-order valence-electron chi connectivity index (χ4n) is 3.59. The highest BCUT2D eigenvalue weighted by Crippen LogP contribution is 2.21. The van der Waals surface area contributed by atoms with E-state index in [9.17, 15) is 4.79 Å². The molecule has 1 aromatic heterocycles. The molecule has 2 fully saturated rings. The SMILES string of the molecule is CN1C(=O)[C@H]2COC[C@@H]1CN(Cc1cccc(-n3cccn3)c1)C2. The Kier molecular flexibility index (Phi) is 4.08. The van der Waals surface area contributed by atoms with Crippen molar-refractivity contribution in [3.63, 3.8) is 0 Å². The fraction of sp³-hybridized carbons (Fsp3) is 0.444. The maximum atomic E-state index is 12.4. The van der Waals surface area contributed by atoms with Gasteiger partial charge < -0.3 is 9.64 Å². The molecular weight excluding hydrogens is 304 g/mol. The first-order chi connectivity index (χ1) is 11.7. The lowest BCUT2D eigenvalue weighted by atomic mass is 10.1. The number of likely N-dealkylation sites (N-methyl/N-ethyl adjacent to an activating group) is 1. The lowest BCUT2D eigenvalue weighted by Crippen LogP contribution is -2.42. The number of amides is 1. The Morgan fingerprint density at radius 1 is 1.25 bits per heavy atom. The van der Waals surface area contributed by atoms with Gasteiger partial charge in [0.2, 0.25) is 5.91 Å². The number of carbonyl (C=O) groups is 1. The van der Waals surface area contributed by atoms with Gasteiger partial charge in [0.05, 0.1) is 30.9 Å². The van der Waals surface area contributed by atoms with Crippen molar-refractivity contribution in [1.29, 1.82) is 0 Å². The average Bonchev–Trinajstić information content (AvgIpc) is 3.04. The van der Waals surface area contributed by atoms with Gasteiger partial charge in [0, 0.05) is 39.1 Å². The van der Waals surface area contributed by atoms with Gasteiger partial charge in [-0.05, 0) is 23.8 Å². The predicted octanol–water partition coefficient (Wildman–Crippen LogP) is 1.16.